The SMILES string of the molecule is COc1ccc(CN2CCN(C(=O)C(C)C)[C@@H]3CS(=O)(=O)C[C@@H]32)cc1. The van der Waals surface area contributed by atoms with Crippen LogP contribution in [0.1, 0.15) is 19.4 Å². The van der Waals surface area contributed by atoms with Gasteiger partial charge in [0.2, 0.25) is 5.91 Å². The van der Waals surface area contributed by atoms with Gasteiger partial charge in [-0.25, -0.2) is 8.42 Å². The molecule has 2 heterocycles. The van der Waals surface area contributed by atoms with E-state index in [1.165, 1.54) is 0 Å². The fourth-order valence-electron chi connectivity index (χ4n) is 3.79. The molecule has 138 valence electrons. The van der Waals surface area contributed by atoms with Gasteiger partial charge < -0.3 is 9.64 Å². The summed E-state index contributed by atoms with van der Waals surface area (Å²) >= 11 is 0. The molecule has 2 aliphatic heterocycles. The molecule has 0 N–H and O–H groups in total. The Kier molecular flexibility index (Phi) is 5.06. The first-order valence-corrected chi connectivity index (χ1v) is 10.5. The van der Waals surface area contributed by atoms with E-state index < -0.39 is 9.84 Å². The van der Waals surface area contributed by atoms with Gasteiger partial charge in [0.15, 0.2) is 9.84 Å². The number of hydrogen-bond acceptors (Lipinski definition) is 5. The summed E-state index contributed by atoms with van der Waals surface area (Å²) in [5.74, 6) is 0.955. The molecule has 3 rings (SSSR count). The van der Waals surface area contributed by atoms with Crippen LogP contribution in [0.15, 0.2) is 24.3 Å². The maximum absolute atomic E-state index is 12.5. The van der Waals surface area contributed by atoms with Crippen molar-refractivity contribution >= 4 is 15.7 Å². The lowest BCUT2D eigenvalue weighted by atomic mass is 10.0. The summed E-state index contributed by atoms with van der Waals surface area (Å²) < 4.78 is 29.7. The first kappa shape index (κ1) is 18.2. The molecule has 1 aromatic rings. The van der Waals surface area contributed by atoms with E-state index in [0.29, 0.717) is 19.6 Å². The van der Waals surface area contributed by atoms with Crippen LogP contribution in [0.3, 0.4) is 0 Å². The third kappa shape index (κ3) is 3.82. The van der Waals surface area contributed by atoms with Crippen LogP contribution in [0.5, 0.6) is 5.75 Å². The van der Waals surface area contributed by atoms with Gasteiger partial charge in [0.05, 0.1) is 24.7 Å². The molecule has 0 bridgehead atoms. The summed E-state index contributed by atoms with van der Waals surface area (Å²) in [5, 5.41) is 0. The number of carbonyl (C=O) groups is 1. The van der Waals surface area contributed by atoms with E-state index in [0.717, 1.165) is 11.3 Å². The van der Waals surface area contributed by atoms with Gasteiger partial charge >= 0.3 is 0 Å². The van der Waals surface area contributed by atoms with Gasteiger partial charge in [-0.15, -0.1) is 0 Å². The smallest absolute Gasteiger partial charge is 0.225 e. The highest BCUT2D eigenvalue weighted by Gasteiger charge is 2.48. The van der Waals surface area contributed by atoms with E-state index in [1.807, 2.05) is 38.1 Å². The van der Waals surface area contributed by atoms with Gasteiger partial charge in [-0.2, -0.15) is 0 Å². The van der Waals surface area contributed by atoms with Gasteiger partial charge in [-0.1, -0.05) is 26.0 Å². The molecule has 6 nitrogen and oxygen atoms in total. The van der Waals surface area contributed by atoms with Crippen molar-refractivity contribution in [1.29, 1.82) is 0 Å². The van der Waals surface area contributed by atoms with Crippen LogP contribution < -0.4 is 4.74 Å². The first-order valence-electron chi connectivity index (χ1n) is 8.68. The number of carbonyl (C=O) groups excluding carboxylic acids is 1. The predicted molar refractivity (Wildman–Crippen MR) is 96.2 cm³/mol. The summed E-state index contributed by atoms with van der Waals surface area (Å²) in [7, 11) is -1.48. The lowest BCUT2D eigenvalue weighted by molar-refractivity contribution is -0.140. The fourth-order valence-corrected chi connectivity index (χ4v) is 5.80. The van der Waals surface area contributed by atoms with Crippen molar-refractivity contribution in [3.63, 3.8) is 0 Å². The minimum absolute atomic E-state index is 0.0520. The lowest BCUT2D eigenvalue weighted by Crippen LogP contribution is -2.60. The fraction of sp³-hybridized carbons (Fsp3) is 0.611. The molecule has 0 saturated carbocycles. The highest BCUT2D eigenvalue weighted by molar-refractivity contribution is 7.91. The Morgan fingerprint density at radius 1 is 1.16 bits per heavy atom. The van der Waals surface area contributed by atoms with E-state index in [4.69, 9.17) is 4.74 Å². The maximum atomic E-state index is 12.5. The molecular formula is C18H26N2O4S. The molecule has 0 unspecified atom stereocenters. The van der Waals surface area contributed by atoms with Crippen molar-refractivity contribution in [2.24, 2.45) is 5.92 Å². The Balaban J connectivity index is 1.79. The zero-order valence-corrected chi connectivity index (χ0v) is 15.8. The Morgan fingerprint density at radius 3 is 2.40 bits per heavy atom. The molecule has 0 spiro atoms. The number of amides is 1. The van der Waals surface area contributed by atoms with Crippen LogP contribution in [-0.2, 0) is 21.2 Å². The van der Waals surface area contributed by atoms with Crippen LogP contribution in [0, 0.1) is 5.92 Å². The number of piperazine rings is 1. The minimum atomic E-state index is -3.11. The number of sulfone groups is 1. The van der Waals surface area contributed by atoms with E-state index in [9.17, 15) is 13.2 Å². The Morgan fingerprint density at radius 2 is 1.80 bits per heavy atom. The quantitative estimate of drug-likeness (QED) is 0.800. The molecule has 2 fully saturated rings. The third-order valence-electron chi connectivity index (χ3n) is 5.11. The number of benzene rings is 1. The minimum Gasteiger partial charge on any atom is -0.497 e. The monoisotopic (exact) mass is 366 g/mol. The highest BCUT2D eigenvalue weighted by Crippen LogP contribution is 2.29. The molecule has 0 aliphatic carbocycles. The lowest BCUT2D eigenvalue weighted by Gasteiger charge is -2.44. The molecule has 7 heteroatoms. The topological polar surface area (TPSA) is 66.9 Å². The van der Waals surface area contributed by atoms with Crippen LogP contribution in [0.2, 0.25) is 0 Å². The van der Waals surface area contributed by atoms with E-state index in [1.54, 1.807) is 12.0 Å². The molecule has 2 aliphatic rings. The Labute approximate surface area is 149 Å². The summed E-state index contributed by atoms with van der Waals surface area (Å²) in [5.41, 5.74) is 1.12. The van der Waals surface area contributed by atoms with E-state index in [2.05, 4.69) is 4.90 Å². The van der Waals surface area contributed by atoms with E-state index >= 15 is 0 Å². The summed E-state index contributed by atoms with van der Waals surface area (Å²) in [6.45, 7) is 5.70. The third-order valence-corrected chi connectivity index (χ3v) is 6.81. The molecule has 1 amide bonds. The molecule has 2 atom stereocenters. The number of methoxy groups -OCH3 is 1. The Bertz CT molecular complexity index is 730. The largest absolute Gasteiger partial charge is 0.497 e. The normalized spacial score (nSPS) is 25.8. The predicted octanol–water partition coefficient (Wildman–Crippen LogP) is 1.16. The summed E-state index contributed by atoms with van der Waals surface area (Å²) in [6.07, 6.45) is 0. The second-order valence-corrected chi connectivity index (χ2v) is 9.37. The Hall–Kier alpha value is -1.60. The van der Waals surface area contributed by atoms with Gasteiger partial charge in [0.1, 0.15) is 5.75 Å². The van der Waals surface area contributed by atoms with Crippen molar-refractivity contribution in [2.45, 2.75) is 32.5 Å². The van der Waals surface area contributed by atoms with Crippen LogP contribution in [0.4, 0.5) is 0 Å². The molecule has 2 saturated heterocycles. The number of fused-ring (bicyclic) bond motifs is 1. The highest BCUT2D eigenvalue weighted by atomic mass is 32.2. The standard InChI is InChI=1S/C18H26N2O4S/c1-13(2)18(21)20-9-8-19(16-11-25(22,23)12-17(16)20)10-14-4-6-15(24-3)7-5-14/h4-7,13,16-17H,8-12H2,1-3H3/t16-,17+/m0/s1. The van der Waals surface area contributed by atoms with Gasteiger partial charge in [0.25, 0.3) is 0 Å². The second kappa shape index (κ2) is 6.96. The second-order valence-electron chi connectivity index (χ2n) is 7.22. The van der Waals surface area contributed by atoms with Crippen LogP contribution in [-0.4, -0.2) is 67.9 Å². The average molecular weight is 366 g/mol. The van der Waals surface area contributed by atoms with Crippen molar-refractivity contribution in [1.82, 2.24) is 9.80 Å². The van der Waals surface area contributed by atoms with Crippen LogP contribution in [0.25, 0.3) is 0 Å². The van der Waals surface area contributed by atoms with Crippen molar-refractivity contribution in [3.8, 4) is 5.75 Å². The molecule has 1 aromatic carbocycles. The molecule has 0 aromatic heterocycles. The molecule has 0 radical (unpaired) electrons. The van der Waals surface area contributed by atoms with Crippen molar-refractivity contribution in [2.75, 3.05) is 31.7 Å². The average Bonchev–Trinajstić information content (AvgIpc) is 2.90. The first-order chi connectivity index (χ1) is 11.8. The summed E-state index contributed by atoms with van der Waals surface area (Å²) in [4.78, 5) is 16.5. The number of hydrogen-bond donors (Lipinski definition) is 0. The zero-order valence-electron chi connectivity index (χ0n) is 15.0. The zero-order chi connectivity index (χ0) is 18.2. The van der Waals surface area contributed by atoms with E-state index in [-0.39, 0.29) is 35.4 Å². The van der Waals surface area contributed by atoms with Crippen molar-refractivity contribution in [3.05, 3.63) is 29.8 Å². The van der Waals surface area contributed by atoms with Gasteiger partial charge in [0, 0.05) is 31.6 Å². The molecular weight excluding hydrogens is 340 g/mol. The summed E-state index contributed by atoms with van der Waals surface area (Å²) in [6, 6.07) is 7.48. The number of nitrogens with zero attached hydrogens (tertiary/aromatic N) is 2. The van der Waals surface area contributed by atoms with Gasteiger partial charge in [-0.05, 0) is 17.7 Å². The van der Waals surface area contributed by atoms with Gasteiger partial charge in [-0.3, -0.25) is 9.69 Å². The molecule has 25 heavy (non-hydrogen) atoms. The van der Waals surface area contributed by atoms with Crippen LogP contribution >= 0.6 is 0 Å². The number of ether oxygens (including phenoxy) is 1. The number of rotatable bonds is 4. The maximum Gasteiger partial charge on any atom is 0.225 e. The van der Waals surface area contributed by atoms with Crippen molar-refractivity contribution < 1.29 is 17.9 Å².